The van der Waals surface area contributed by atoms with Gasteiger partial charge in [-0.15, -0.1) is 11.3 Å². The second-order valence-corrected chi connectivity index (χ2v) is 6.61. The van der Waals surface area contributed by atoms with Gasteiger partial charge in [-0.1, -0.05) is 13.0 Å². The largest absolute Gasteiger partial charge is 0.448 e. The van der Waals surface area contributed by atoms with Crippen molar-refractivity contribution in [2.24, 2.45) is 16.7 Å². The number of nitrogens with zero attached hydrogens (tertiary/aromatic N) is 3. The van der Waals surface area contributed by atoms with Crippen LogP contribution in [-0.4, -0.2) is 11.7 Å². The molecule has 0 amide bonds. The van der Waals surface area contributed by atoms with E-state index in [0.29, 0.717) is 4.88 Å². The van der Waals surface area contributed by atoms with Crippen LogP contribution < -0.4 is 0 Å². The Morgan fingerprint density at radius 3 is 2.45 bits per heavy atom. The van der Waals surface area contributed by atoms with E-state index in [1.165, 1.54) is 11.3 Å². The van der Waals surface area contributed by atoms with Crippen LogP contribution in [0.4, 0.5) is 0 Å². The highest BCUT2D eigenvalue weighted by molar-refractivity contribution is 7.10. The molecular formula is C15H12N4O2S. The van der Waals surface area contributed by atoms with Crippen molar-refractivity contribution < 1.29 is 9.47 Å². The number of fused-ring (bicyclic) bond motifs is 3. The van der Waals surface area contributed by atoms with Gasteiger partial charge in [0.1, 0.15) is 6.10 Å². The van der Waals surface area contributed by atoms with Crippen molar-refractivity contribution in [1.29, 1.82) is 21.2 Å². The fourth-order valence-corrected chi connectivity index (χ4v) is 4.18. The molecule has 3 aliphatic rings. The van der Waals surface area contributed by atoms with Crippen LogP contribution in [0.2, 0.25) is 0 Å². The molecular weight excluding hydrogens is 300 g/mol. The minimum absolute atomic E-state index is 0.372. The van der Waals surface area contributed by atoms with Crippen LogP contribution in [0.5, 0.6) is 0 Å². The third kappa shape index (κ3) is 1.32. The standard InChI is InChI=1S/C15H12N4O2S/c1-9-13(2)20-11(10-4-3-5-22-10)15(8-18,12(19)21-13)14(9,6-16)7-17/h3-5,9,11,19H,1-2H3/t9-,11-,13-,15-/m1/s1. The number of hydrogen-bond acceptors (Lipinski definition) is 7. The van der Waals surface area contributed by atoms with Crippen LogP contribution in [-0.2, 0) is 9.47 Å². The Kier molecular flexibility index (Phi) is 2.84. The average molecular weight is 312 g/mol. The summed E-state index contributed by atoms with van der Waals surface area (Å²) in [6.45, 7) is 3.26. The Morgan fingerprint density at radius 1 is 1.27 bits per heavy atom. The maximum absolute atomic E-state index is 9.86. The smallest absolute Gasteiger partial charge is 0.215 e. The van der Waals surface area contributed by atoms with Gasteiger partial charge in [-0.2, -0.15) is 15.8 Å². The molecule has 0 spiro atoms. The quantitative estimate of drug-likeness (QED) is 0.856. The maximum atomic E-state index is 9.86. The van der Waals surface area contributed by atoms with Crippen LogP contribution in [0.3, 0.4) is 0 Å². The van der Waals surface area contributed by atoms with E-state index in [0.717, 1.165) is 0 Å². The molecule has 22 heavy (non-hydrogen) atoms. The second-order valence-electron chi connectivity index (χ2n) is 5.63. The summed E-state index contributed by atoms with van der Waals surface area (Å²) in [7, 11) is 0. The SMILES string of the molecule is C[C@H]1C(C#N)(C#N)[C@@]2(C#N)C(=N)O[C@@]1(C)O[C@@H]2c1cccs1. The molecule has 0 radical (unpaired) electrons. The predicted molar refractivity (Wildman–Crippen MR) is 76.2 cm³/mol. The maximum Gasteiger partial charge on any atom is 0.215 e. The van der Waals surface area contributed by atoms with Gasteiger partial charge in [-0.05, 0) is 11.4 Å². The lowest BCUT2D eigenvalue weighted by Crippen LogP contribution is -2.71. The molecule has 4 atom stereocenters. The van der Waals surface area contributed by atoms with Crippen molar-refractivity contribution in [2.75, 3.05) is 0 Å². The third-order valence-electron chi connectivity index (χ3n) is 4.80. The van der Waals surface area contributed by atoms with Crippen LogP contribution in [0.1, 0.15) is 24.8 Å². The zero-order valence-electron chi connectivity index (χ0n) is 12.0. The molecule has 3 saturated heterocycles. The molecule has 4 rings (SSSR count). The summed E-state index contributed by atoms with van der Waals surface area (Å²) in [5, 5.41) is 39.4. The van der Waals surface area contributed by atoms with Gasteiger partial charge in [0, 0.05) is 11.8 Å². The Labute approximate surface area is 131 Å². The number of nitriles is 3. The molecule has 0 aliphatic carbocycles. The fraction of sp³-hybridized carbons (Fsp3) is 0.467. The topological polar surface area (TPSA) is 114 Å². The van der Waals surface area contributed by atoms with E-state index in [2.05, 4.69) is 0 Å². The average Bonchev–Trinajstić information content (AvgIpc) is 3.03. The first kappa shape index (κ1) is 14.5. The Balaban J connectivity index is 2.35. The lowest BCUT2D eigenvalue weighted by atomic mass is 9.51. The Hall–Kier alpha value is -2.40. The van der Waals surface area contributed by atoms with Crippen LogP contribution in [0.15, 0.2) is 17.5 Å². The highest BCUT2D eigenvalue weighted by Gasteiger charge is 2.78. The van der Waals surface area contributed by atoms with E-state index in [1.54, 1.807) is 26.0 Å². The summed E-state index contributed by atoms with van der Waals surface area (Å²) in [5.41, 5.74) is -3.49. The number of hydrogen-bond donors (Lipinski definition) is 1. The fourth-order valence-electron chi connectivity index (χ4n) is 3.36. The molecule has 0 saturated carbocycles. The van der Waals surface area contributed by atoms with Gasteiger partial charge in [-0.3, -0.25) is 5.41 Å². The monoisotopic (exact) mass is 312 g/mol. The summed E-state index contributed by atoms with van der Waals surface area (Å²) in [6, 6.07) is 9.61. The van der Waals surface area contributed by atoms with Gasteiger partial charge in [0.05, 0.1) is 24.1 Å². The van der Waals surface area contributed by atoms with Gasteiger partial charge in [-0.25, -0.2) is 0 Å². The second kappa shape index (κ2) is 4.30. The van der Waals surface area contributed by atoms with Crippen LogP contribution in [0, 0.1) is 56.2 Å². The van der Waals surface area contributed by atoms with Crippen molar-refractivity contribution in [3.63, 3.8) is 0 Å². The molecule has 1 N–H and O–H groups in total. The molecule has 0 unspecified atom stereocenters. The highest BCUT2D eigenvalue weighted by Crippen LogP contribution is 2.66. The molecule has 3 aliphatic heterocycles. The molecule has 1 aromatic heterocycles. The van der Waals surface area contributed by atoms with Gasteiger partial charge in [0.2, 0.25) is 11.7 Å². The van der Waals surface area contributed by atoms with Gasteiger partial charge in [0.25, 0.3) is 0 Å². The molecule has 4 heterocycles. The van der Waals surface area contributed by atoms with Gasteiger partial charge >= 0.3 is 0 Å². The van der Waals surface area contributed by atoms with Crippen molar-refractivity contribution in [2.45, 2.75) is 25.7 Å². The first-order valence-electron chi connectivity index (χ1n) is 6.65. The van der Waals surface area contributed by atoms with Crippen LogP contribution >= 0.6 is 11.3 Å². The van der Waals surface area contributed by atoms with E-state index in [9.17, 15) is 15.8 Å². The first-order valence-corrected chi connectivity index (χ1v) is 7.53. The molecule has 0 aromatic carbocycles. The summed E-state index contributed by atoms with van der Waals surface area (Å²) >= 11 is 1.36. The minimum atomic E-state index is -1.78. The van der Waals surface area contributed by atoms with Crippen molar-refractivity contribution in [3.05, 3.63) is 22.4 Å². The predicted octanol–water partition coefficient (Wildman–Crippen LogP) is 2.72. The van der Waals surface area contributed by atoms with Crippen LogP contribution in [0.25, 0.3) is 0 Å². The summed E-state index contributed by atoms with van der Waals surface area (Å²) < 4.78 is 11.5. The summed E-state index contributed by atoms with van der Waals surface area (Å²) in [5.74, 6) is -2.35. The number of thiophene rings is 1. The number of nitrogens with one attached hydrogen (secondary N) is 1. The van der Waals surface area contributed by atoms with Crippen molar-refractivity contribution in [3.8, 4) is 18.2 Å². The normalized spacial score (nSPS) is 38.4. The molecule has 6 nitrogen and oxygen atoms in total. The zero-order valence-corrected chi connectivity index (χ0v) is 12.8. The van der Waals surface area contributed by atoms with E-state index in [1.807, 2.05) is 23.6 Å². The van der Waals surface area contributed by atoms with Gasteiger partial charge < -0.3 is 9.47 Å². The lowest BCUT2D eigenvalue weighted by Gasteiger charge is -2.60. The molecule has 1 aromatic rings. The molecule has 2 bridgehead atoms. The lowest BCUT2D eigenvalue weighted by molar-refractivity contribution is -0.337. The number of rotatable bonds is 1. The summed E-state index contributed by atoms with van der Waals surface area (Å²) in [4.78, 5) is 0.697. The van der Waals surface area contributed by atoms with E-state index in [4.69, 9.17) is 14.9 Å². The van der Waals surface area contributed by atoms with E-state index >= 15 is 0 Å². The van der Waals surface area contributed by atoms with Crippen molar-refractivity contribution in [1.82, 2.24) is 0 Å². The summed E-state index contributed by atoms with van der Waals surface area (Å²) in [6.07, 6.45) is -0.876. The van der Waals surface area contributed by atoms with E-state index < -0.39 is 28.6 Å². The minimum Gasteiger partial charge on any atom is -0.448 e. The zero-order chi connectivity index (χ0) is 16.2. The Bertz CT molecular complexity index is 755. The first-order chi connectivity index (χ1) is 10.4. The molecule has 3 fully saturated rings. The Morgan fingerprint density at radius 2 is 1.95 bits per heavy atom. The highest BCUT2D eigenvalue weighted by atomic mass is 32.1. The van der Waals surface area contributed by atoms with Crippen molar-refractivity contribution >= 4 is 17.2 Å². The molecule has 110 valence electrons. The number of ether oxygens (including phenoxy) is 2. The third-order valence-corrected chi connectivity index (χ3v) is 5.71. The van der Waals surface area contributed by atoms with Gasteiger partial charge in [0.15, 0.2) is 10.8 Å². The van der Waals surface area contributed by atoms with E-state index in [-0.39, 0.29) is 5.90 Å². The molecule has 7 heteroatoms.